The van der Waals surface area contributed by atoms with Gasteiger partial charge in [-0.2, -0.15) is 0 Å². The molecule has 0 spiro atoms. The number of hydrogen-bond acceptors (Lipinski definition) is 6. The van der Waals surface area contributed by atoms with Crippen molar-refractivity contribution in [1.29, 1.82) is 0 Å². The highest BCUT2D eigenvalue weighted by molar-refractivity contribution is 8.00. The number of carbonyl (C=O) groups excluding carboxylic acids is 3. The molecule has 11 heteroatoms. The molecule has 3 aromatic rings. The Morgan fingerprint density at radius 2 is 1.81 bits per heavy atom. The molecule has 8 nitrogen and oxygen atoms in total. The summed E-state index contributed by atoms with van der Waals surface area (Å²) in [4.78, 5) is 41.9. The zero-order valence-corrected chi connectivity index (χ0v) is 25.1. The molecule has 0 bridgehead atoms. The molecule has 0 radical (unpaired) electrons. The molecule has 222 valence electrons. The number of nitrogens with zero attached hydrogens (tertiary/aromatic N) is 1. The minimum atomic E-state index is -1.72. The van der Waals surface area contributed by atoms with Crippen LogP contribution in [-0.4, -0.2) is 56.5 Å². The summed E-state index contributed by atoms with van der Waals surface area (Å²) >= 11 is 7.67. The summed E-state index contributed by atoms with van der Waals surface area (Å²) < 4.78 is 12.9. The topological polar surface area (TPSA) is 125 Å². The van der Waals surface area contributed by atoms with E-state index in [1.807, 2.05) is 45.0 Å². The SMILES string of the molecule is Cc1ccccc1CNC(=O)C1N(C(=O)[C@@H](O)[C@H](Cc2ccc(F)cc2)NC(=O)c2cccc(N)c2Cl)CSC1(C)C. The van der Waals surface area contributed by atoms with E-state index >= 15 is 0 Å². The van der Waals surface area contributed by atoms with Crippen LogP contribution in [0.4, 0.5) is 10.1 Å². The maximum absolute atomic E-state index is 13.8. The zero-order valence-electron chi connectivity index (χ0n) is 23.6. The Balaban J connectivity index is 1.57. The summed E-state index contributed by atoms with van der Waals surface area (Å²) in [5.74, 6) is -1.98. The van der Waals surface area contributed by atoms with E-state index in [0.717, 1.165) is 11.1 Å². The normalized spacial score (nSPS) is 17.4. The summed E-state index contributed by atoms with van der Waals surface area (Å²) in [6.07, 6.45) is -1.71. The molecule has 1 fully saturated rings. The maximum atomic E-state index is 13.8. The molecule has 4 rings (SSSR count). The third-order valence-electron chi connectivity index (χ3n) is 7.38. The fraction of sp³-hybridized carbons (Fsp3) is 0.323. The van der Waals surface area contributed by atoms with Crippen molar-refractivity contribution in [2.75, 3.05) is 11.6 Å². The number of halogens is 2. The lowest BCUT2D eigenvalue weighted by molar-refractivity contribution is -0.147. The molecule has 5 N–H and O–H groups in total. The number of nitrogens with two attached hydrogens (primary N) is 1. The predicted octanol–water partition coefficient (Wildman–Crippen LogP) is 4.07. The number of aliphatic hydroxyl groups is 1. The van der Waals surface area contributed by atoms with Gasteiger partial charge >= 0.3 is 0 Å². The largest absolute Gasteiger partial charge is 0.398 e. The number of benzene rings is 3. The van der Waals surface area contributed by atoms with Gasteiger partial charge in [-0.15, -0.1) is 11.8 Å². The summed E-state index contributed by atoms with van der Waals surface area (Å²) in [5.41, 5.74) is 8.70. The van der Waals surface area contributed by atoms with Gasteiger partial charge < -0.3 is 26.4 Å². The van der Waals surface area contributed by atoms with Gasteiger partial charge in [0, 0.05) is 11.3 Å². The molecule has 0 aromatic heterocycles. The first-order valence-electron chi connectivity index (χ1n) is 13.4. The number of aryl methyl sites for hydroxylation is 1. The summed E-state index contributed by atoms with van der Waals surface area (Å²) in [7, 11) is 0. The second-order valence-corrected chi connectivity index (χ2v) is 12.8. The number of nitrogen functional groups attached to an aromatic ring is 1. The average Bonchev–Trinajstić information content (AvgIpc) is 3.28. The van der Waals surface area contributed by atoms with E-state index in [1.165, 1.54) is 47.0 Å². The van der Waals surface area contributed by atoms with Crippen molar-refractivity contribution < 1.29 is 23.9 Å². The number of thioether (sulfide) groups is 1. The van der Waals surface area contributed by atoms with Crippen LogP contribution in [0.5, 0.6) is 0 Å². The second kappa shape index (κ2) is 13.1. The van der Waals surface area contributed by atoms with Gasteiger partial charge in [0.25, 0.3) is 11.8 Å². The van der Waals surface area contributed by atoms with Crippen LogP contribution in [0, 0.1) is 12.7 Å². The lowest BCUT2D eigenvalue weighted by atomic mass is 9.96. The van der Waals surface area contributed by atoms with E-state index in [9.17, 15) is 23.9 Å². The Bertz CT molecular complexity index is 1470. The van der Waals surface area contributed by atoms with Gasteiger partial charge in [0.2, 0.25) is 5.91 Å². The molecule has 1 aliphatic heterocycles. The van der Waals surface area contributed by atoms with Crippen LogP contribution in [0.25, 0.3) is 0 Å². The van der Waals surface area contributed by atoms with Crippen molar-refractivity contribution in [2.24, 2.45) is 0 Å². The highest BCUT2D eigenvalue weighted by Gasteiger charge is 2.49. The Morgan fingerprint density at radius 3 is 2.50 bits per heavy atom. The molecule has 3 aromatic carbocycles. The molecule has 3 amide bonds. The minimum Gasteiger partial charge on any atom is -0.398 e. The molecule has 0 aliphatic carbocycles. The highest BCUT2D eigenvalue weighted by Crippen LogP contribution is 2.40. The molecule has 0 saturated carbocycles. The molecule has 3 atom stereocenters. The quantitative estimate of drug-likeness (QED) is 0.270. The van der Waals surface area contributed by atoms with Crippen molar-refractivity contribution in [2.45, 2.75) is 56.7 Å². The lowest BCUT2D eigenvalue weighted by Gasteiger charge is -2.33. The maximum Gasteiger partial charge on any atom is 0.254 e. The van der Waals surface area contributed by atoms with E-state index in [0.29, 0.717) is 5.56 Å². The Morgan fingerprint density at radius 1 is 1.12 bits per heavy atom. The van der Waals surface area contributed by atoms with Gasteiger partial charge in [0.1, 0.15) is 11.9 Å². The molecule has 42 heavy (non-hydrogen) atoms. The fourth-order valence-corrected chi connectivity index (χ4v) is 6.28. The van der Waals surface area contributed by atoms with Gasteiger partial charge in [-0.05, 0) is 68.1 Å². The first kappa shape index (κ1) is 31.3. The summed E-state index contributed by atoms with van der Waals surface area (Å²) in [5, 5.41) is 17.1. The van der Waals surface area contributed by atoms with Crippen LogP contribution in [0.1, 0.15) is 40.9 Å². The number of amides is 3. The molecule has 1 saturated heterocycles. The number of anilines is 1. The van der Waals surface area contributed by atoms with Gasteiger partial charge in [-0.3, -0.25) is 14.4 Å². The van der Waals surface area contributed by atoms with Crippen LogP contribution in [-0.2, 0) is 22.6 Å². The summed E-state index contributed by atoms with van der Waals surface area (Å²) in [6.45, 7) is 5.98. The first-order chi connectivity index (χ1) is 19.9. The number of aliphatic hydroxyl groups excluding tert-OH is 1. The van der Waals surface area contributed by atoms with Crippen molar-refractivity contribution >= 4 is 46.8 Å². The van der Waals surface area contributed by atoms with Crippen molar-refractivity contribution in [3.8, 4) is 0 Å². The highest BCUT2D eigenvalue weighted by atomic mass is 35.5. The standard InChI is InChI=1S/C31H34ClFN4O4S/c1-18-7-4-5-8-20(18)16-35-29(40)27-31(2,3)42-17-37(27)30(41)26(38)24(15-19-11-13-21(33)14-12-19)36-28(39)22-9-6-10-23(34)25(22)32/h4-14,24,26-27,38H,15-17,34H2,1-3H3,(H,35,40)(H,36,39)/t24-,26-,27?/m0/s1. The van der Waals surface area contributed by atoms with Gasteiger partial charge in [0.05, 0.1) is 28.2 Å². The second-order valence-electron chi connectivity index (χ2n) is 10.8. The number of carbonyl (C=O) groups is 3. The molecular formula is C31H34ClFN4O4S. The van der Waals surface area contributed by atoms with Crippen LogP contribution in [0.15, 0.2) is 66.7 Å². The van der Waals surface area contributed by atoms with E-state index in [-0.39, 0.29) is 41.0 Å². The van der Waals surface area contributed by atoms with Gasteiger partial charge in [-0.25, -0.2) is 4.39 Å². The third-order valence-corrected chi connectivity index (χ3v) is 9.18. The number of rotatable bonds is 9. The smallest absolute Gasteiger partial charge is 0.254 e. The molecule has 1 heterocycles. The van der Waals surface area contributed by atoms with Crippen LogP contribution < -0.4 is 16.4 Å². The summed E-state index contributed by atoms with van der Waals surface area (Å²) in [6, 6.07) is 15.8. The molecular weight excluding hydrogens is 579 g/mol. The van der Waals surface area contributed by atoms with Crippen LogP contribution in [0.2, 0.25) is 5.02 Å². The van der Waals surface area contributed by atoms with Crippen LogP contribution in [0.3, 0.4) is 0 Å². The van der Waals surface area contributed by atoms with Crippen molar-refractivity contribution in [3.05, 3.63) is 99.8 Å². The van der Waals surface area contributed by atoms with Gasteiger partial charge in [0.15, 0.2) is 6.10 Å². The monoisotopic (exact) mass is 612 g/mol. The predicted molar refractivity (Wildman–Crippen MR) is 163 cm³/mol. The molecule has 1 unspecified atom stereocenters. The fourth-order valence-electron chi connectivity index (χ4n) is 4.93. The average molecular weight is 613 g/mol. The van der Waals surface area contributed by atoms with Gasteiger partial charge in [-0.1, -0.05) is 54.1 Å². The third kappa shape index (κ3) is 7.06. The van der Waals surface area contributed by atoms with Crippen LogP contribution >= 0.6 is 23.4 Å². The Kier molecular flexibility index (Phi) is 9.81. The lowest BCUT2D eigenvalue weighted by Crippen LogP contribution is -2.58. The number of nitrogens with one attached hydrogen (secondary N) is 2. The zero-order chi connectivity index (χ0) is 30.6. The number of hydrogen-bond donors (Lipinski definition) is 4. The minimum absolute atomic E-state index is 0.00733. The first-order valence-corrected chi connectivity index (χ1v) is 14.8. The van der Waals surface area contributed by atoms with E-state index < -0.39 is 40.6 Å². The van der Waals surface area contributed by atoms with E-state index in [2.05, 4.69) is 10.6 Å². The van der Waals surface area contributed by atoms with E-state index in [1.54, 1.807) is 12.1 Å². The van der Waals surface area contributed by atoms with E-state index in [4.69, 9.17) is 17.3 Å². The molecule has 1 aliphatic rings. The Labute approximate surface area is 253 Å². The van der Waals surface area contributed by atoms with Crippen molar-refractivity contribution in [3.63, 3.8) is 0 Å². The Hall–Kier alpha value is -3.60. The van der Waals surface area contributed by atoms with Crippen molar-refractivity contribution in [1.82, 2.24) is 15.5 Å².